The second-order valence-electron chi connectivity index (χ2n) is 7.16. The van der Waals surface area contributed by atoms with Crippen LogP contribution in [-0.2, 0) is 0 Å². The van der Waals surface area contributed by atoms with Crippen LogP contribution in [0.1, 0.15) is 68.4 Å². The van der Waals surface area contributed by atoms with Gasteiger partial charge in [0.15, 0.2) is 0 Å². The molecule has 0 aliphatic heterocycles. The molecule has 26 heavy (non-hydrogen) atoms. The first-order chi connectivity index (χ1) is 12.6. The van der Waals surface area contributed by atoms with Gasteiger partial charge in [0.2, 0.25) is 0 Å². The first-order valence-corrected chi connectivity index (χ1v) is 15.9. The van der Waals surface area contributed by atoms with Crippen molar-refractivity contribution < 1.29 is 0 Å². The van der Waals surface area contributed by atoms with Gasteiger partial charge in [-0.1, -0.05) is 36.4 Å². The van der Waals surface area contributed by atoms with Gasteiger partial charge in [-0.15, -0.1) is 0 Å². The molecule has 0 heterocycles. The predicted molar refractivity (Wildman–Crippen MR) is 132 cm³/mol. The van der Waals surface area contributed by atoms with Gasteiger partial charge in [0.1, 0.15) is 0 Å². The molecule has 0 aliphatic rings. The molecule has 0 unspecified atom stereocenters. The molecule has 0 N–H and O–H groups in total. The molecule has 0 aromatic heterocycles. The fourth-order valence-electron chi connectivity index (χ4n) is 3.49. The summed E-state index contributed by atoms with van der Waals surface area (Å²) in [7, 11) is 0. The van der Waals surface area contributed by atoms with Crippen molar-refractivity contribution in [1.82, 2.24) is 0 Å². The fourth-order valence-corrected chi connectivity index (χ4v) is 5.64. The van der Waals surface area contributed by atoms with Crippen molar-refractivity contribution in [2.45, 2.75) is 57.3 Å². The van der Waals surface area contributed by atoms with Crippen LogP contribution in [0.25, 0.3) is 0 Å². The summed E-state index contributed by atoms with van der Waals surface area (Å²) in [5.41, 5.74) is 2.88. The summed E-state index contributed by atoms with van der Waals surface area (Å²) in [5, 5.41) is 0. The van der Waals surface area contributed by atoms with Gasteiger partial charge in [-0.2, -0.15) is 0 Å². The average Bonchev–Trinajstić information content (AvgIpc) is 2.64. The van der Waals surface area contributed by atoms with Crippen LogP contribution in [0.3, 0.4) is 0 Å². The first-order valence-electron chi connectivity index (χ1n) is 9.83. The van der Waals surface area contributed by atoms with Crippen LogP contribution < -0.4 is 0 Å². The Labute approximate surface area is 176 Å². The van der Waals surface area contributed by atoms with Gasteiger partial charge >= 0.3 is 140 Å². The minimum atomic E-state index is -1.73. The molecule has 0 atom stereocenters. The number of hydrogen-bond donors (Lipinski definition) is 3. The van der Waals surface area contributed by atoms with Gasteiger partial charge in [-0.3, -0.25) is 0 Å². The molecule has 0 aliphatic carbocycles. The predicted octanol–water partition coefficient (Wildman–Crippen LogP) is 8.22. The summed E-state index contributed by atoms with van der Waals surface area (Å²) in [4.78, 5) is -1.73. The van der Waals surface area contributed by atoms with E-state index < -0.39 is 4.87 Å². The van der Waals surface area contributed by atoms with E-state index in [2.05, 4.69) is 97.4 Å². The third kappa shape index (κ3) is 9.22. The van der Waals surface area contributed by atoms with Crippen molar-refractivity contribution in [1.29, 1.82) is 0 Å². The van der Waals surface area contributed by atoms with E-state index in [4.69, 9.17) is 0 Å². The summed E-state index contributed by atoms with van der Waals surface area (Å²) < 4.78 is 0. The molecule has 0 saturated carbocycles. The molecule has 0 nitrogen and oxygen atoms in total. The molecule has 0 fully saturated rings. The van der Waals surface area contributed by atoms with Gasteiger partial charge in [0, 0.05) is 0 Å². The summed E-state index contributed by atoms with van der Waals surface area (Å²) in [6, 6.07) is 21.9. The van der Waals surface area contributed by atoms with E-state index in [1.807, 2.05) is 0 Å². The molecule has 0 amide bonds. The first kappa shape index (κ1) is 22.2. The Balaban J connectivity index is 1.69. The van der Waals surface area contributed by atoms with Crippen LogP contribution >= 0.6 is 41.6 Å². The van der Waals surface area contributed by atoms with Crippen molar-refractivity contribution >= 4 is 41.6 Å². The SMILES string of the molecule is S[PH](S)(S)CCCCCCCCCC(c1ccccc1)c1ccccc1. The van der Waals surface area contributed by atoms with Gasteiger partial charge in [-0.25, -0.2) is 0 Å². The molecule has 2 aromatic rings. The van der Waals surface area contributed by atoms with Crippen molar-refractivity contribution in [3.63, 3.8) is 0 Å². The van der Waals surface area contributed by atoms with E-state index in [0.717, 1.165) is 6.16 Å². The second kappa shape index (κ2) is 12.4. The molecule has 0 spiro atoms. The van der Waals surface area contributed by atoms with Crippen LogP contribution in [0.15, 0.2) is 60.7 Å². The zero-order valence-electron chi connectivity index (χ0n) is 15.6. The topological polar surface area (TPSA) is 0 Å². The zero-order chi connectivity index (χ0) is 18.7. The van der Waals surface area contributed by atoms with Crippen molar-refractivity contribution in [2.24, 2.45) is 0 Å². The number of thiol groups is 3. The zero-order valence-corrected chi connectivity index (χ0v) is 19.2. The monoisotopic (exact) mass is 424 g/mol. The molecule has 2 rings (SSSR count). The number of benzene rings is 2. The number of unbranched alkanes of at least 4 members (excludes halogenated alkanes) is 6. The van der Waals surface area contributed by atoms with Crippen molar-refractivity contribution in [3.05, 3.63) is 71.8 Å². The number of rotatable bonds is 12. The Morgan fingerprint density at radius 2 is 1.00 bits per heavy atom. The molecule has 0 bridgehead atoms. The quantitative estimate of drug-likeness (QED) is 0.171. The third-order valence-corrected chi connectivity index (χ3v) is 7.95. The van der Waals surface area contributed by atoms with Crippen LogP contribution in [-0.4, -0.2) is 6.16 Å². The van der Waals surface area contributed by atoms with Crippen molar-refractivity contribution in [3.8, 4) is 0 Å². The van der Waals surface area contributed by atoms with Crippen LogP contribution in [0.2, 0.25) is 0 Å². The van der Waals surface area contributed by atoms with Gasteiger partial charge < -0.3 is 0 Å². The molecule has 0 saturated heterocycles. The van der Waals surface area contributed by atoms with Gasteiger partial charge in [0.25, 0.3) is 0 Å². The molecule has 2 aromatic carbocycles. The number of hydrogen-bond acceptors (Lipinski definition) is 3. The summed E-state index contributed by atoms with van der Waals surface area (Å²) in [6.07, 6.45) is 11.5. The average molecular weight is 425 g/mol. The Kier molecular flexibility index (Phi) is 10.6. The third-order valence-electron chi connectivity index (χ3n) is 4.91. The smallest absolute Gasteiger partial charge is 0.0622 e. The molecular formula is C22H33PS3. The Bertz CT molecular complexity index is 556. The minimum Gasteiger partial charge on any atom is -0.0622 e. The van der Waals surface area contributed by atoms with E-state index in [1.54, 1.807) is 0 Å². The maximum absolute atomic E-state index is 4.47. The van der Waals surface area contributed by atoms with E-state index in [1.165, 1.54) is 62.5 Å². The van der Waals surface area contributed by atoms with Gasteiger partial charge in [-0.05, 0) is 0 Å². The maximum atomic E-state index is 4.47. The van der Waals surface area contributed by atoms with Crippen LogP contribution in [0.5, 0.6) is 0 Å². The van der Waals surface area contributed by atoms with E-state index in [0.29, 0.717) is 5.92 Å². The van der Waals surface area contributed by atoms with Crippen molar-refractivity contribution in [2.75, 3.05) is 6.16 Å². The van der Waals surface area contributed by atoms with Crippen LogP contribution in [0.4, 0.5) is 0 Å². The second-order valence-corrected chi connectivity index (χ2v) is 19.3. The van der Waals surface area contributed by atoms with E-state index >= 15 is 0 Å². The summed E-state index contributed by atoms with van der Waals surface area (Å²) in [6.45, 7) is 0. The Morgan fingerprint density at radius 1 is 0.577 bits per heavy atom. The molecule has 4 heteroatoms. The van der Waals surface area contributed by atoms with Crippen LogP contribution in [0, 0.1) is 0 Å². The molecular weight excluding hydrogens is 391 g/mol. The van der Waals surface area contributed by atoms with Gasteiger partial charge in [0.05, 0.1) is 0 Å². The Morgan fingerprint density at radius 3 is 1.46 bits per heavy atom. The fraction of sp³-hybridized carbons (Fsp3) is 0.455. The molecule has 144 valence electrons. The van der Waals surface area contributed by atoms with E-state index in [-0.39, 0.29) is 0 Å². The van der Waals surface area contributed by atoms with E-state index in [9.17, 15) is 0 Å². The standard InChI is InChI=1S/C22H33PS3/c24-23(25,26)19-13-5-3-1-2-4-12-18-22(20-14-8-6-9-15-20)21-16-10-7-11-17-21/h6-11,14-17,22-26H,1-5,12-13,18-19H2. The molecule has 0 radical (unpaired) electrons. The minimum absolute atomic E-state index is 0.525. The summed E-state index contributed by atoms with van der Waals surface area (Å²) in [5.74, 6) is 0.525. The Hall–Kier alpha value is -0.0800. The summed E-state index contributed by atoms with van der Waals surface area (Å²) >= 11 is 13.4. The normalized spacial score (nSPS) is 12.5.